The number of carbonyl (C=O) groups is 2. The van der Waals surface area contributed by atoms with Crippen LogP contribution in [0.1, 0.15) is 54.3 Å². The molecular formula is C20H29N7O2. The maximum absolute atomic E-state index is 13.1. The highest BCUT2D eigenvalue weighted by Crippen LogP contribution is 2.38. The van der Waals surface area contributed by atoms with Crippen molar-refractivity contribution in [3.05, 3.63) is 28.6 Å². The van der Waals surface area contributed by atoms with Gasteiger partial charge in [-0.3, -0.25) is 19.8 Å². The summed E-state index contributed by atoms with van der Waals surface area (Å²) in [4.78, 5) is 33.9. The number of amides is 2. The van der Waals surface area contributed by atoms with E-state index < -0.39 is 0 Å². The second-order valence-corrected chi connectivity index (χ2v) is 8.36. The highest BCUT2D eigenvalue weighted by atomic mass is 16.2. The van der Waals surface area contributed by atoms with E-state index in [4.69, 9.17) is 0 Å². The second-order valence-electron chi connectivity index (χ2n) is 8.36. The van der Waals surface area contributed by atoms with Crippen molar-refractivity contribution in [2.75, 3.05) is 19.6 Å². The van der Waals surface area contributed by atoms with Crippen molar-refractivity contribution in [2.24, 2.45) is 0 Å². The van der Waals surface area contributed by atoms with Gasteiger partial charge in [0.2, 0.25) is 11.8 Å². The first-order valence-corrected chi connectivity index (χ1v) is 10.3. The lowest BCUT2D eigenvalue weighted by Gasteiger charge is -2.35. The Labute approximate surface area is 170 Å². The normalized spacial score (nSPS) is 21.5. The maximum Gasteiger partial charge on any atom is 0.230 e. The molecule has 2 saturated heterocycles. The Morgan fingerprint density at radius 2 is 1.90 bits per heavy atom. The van der Waals surface area contributed by atoms with Crippen LogP contribution in [0.15, 0.2) is 0 Å². The maximum atomic E-state index is 13.1. The molecule has 156 valence electrons. The average molecular weight is 399 g/mol. The predicted molar refractivity (Wildman–Crippen MR) is 106 cm³/mol. The summed E-state index contributed by atoms with van der Waals surface area (Å²) in [6.07, 6.45) is 4.19. The van der Waals surface area contributed by atoms with Gasteiger partial charge in [-0.05, 0) is 52.0 Å². The molecule has 0 bridgehead atoms. The van der Waals surface area contributed by atoms with Crippen LogP contribution in [-0.4, -0.2) is 72.2 Å². The van der Waals surface area contributed by atoms with Crippen LogP contribution in [0.5, 0.6) is 0 Å². The molecule has 4 heterocycles. The number of carbonyl (C=O) groups excluding carboxylic acids is 2. The van der Waals surface area contributed by atoms with Crippen LogP contribution in [-0.2, 0) is 22.4 Å². The first kappa shape index (κ1) is 19.6. The van der Waals surface area contributed by atoms with Gasteiger partial charge in [0, 0.05) is 31.7 Å². The van der Waals surface area contributed by atoms with Crippen molar-refractivity contribution in [1.29, 1.82) is 0 Å². The van der Waals surface area contributed by atoms with Crippen molar-refractivity contribution in [1.82, 2.24) is 35.2 Å². The van der Waals surface area contributed by atoms with E-state index in [0.717, 1.165) is 42.8 Å². The zero-order chi connectivity index (χ0) is 20.6. The van der Waals surface area contributed by atoms with E-state index in [9.17, 15) is 9.59 Å². The third-order valence-electron chi connectivity index (χ3n) is 6.40. The largest absolute Gasteiger partial charge is 0.340 e. The lowest BCUT2D eigenvalue weighted by atomic mass is 9.94. The van der Waals surface area contributed by atoms with E-state index in [1.54, 1.807) is 0 Å². The fourth-order valence-corrected chi connectivity index (χ4v) is 4.85. The summed E-state index contributed by atoms with van der Waals surface area (Å²) < 4.78 is 0. The van der Waals surface area contributed by atoms with Crippen LogP contribution in [0, 0.1) is 20.8 Å². The minimum Gasteiger partial charge on any atom is -0.340 e. The number of likely N-dealkylation sites (tertiary alicyclic amines) is 2. The molecule has 2 fully saturated rings. The Balaban J connectivity index is 1.38. The Bertz CT molecular complexity index is 898. The monoisotopic (exact) mass is 399 g/mol. The van der Waals surface area contributed by atoms with Gasteiger partial charge >= 0.3 is 0 Å². The molecule has 4 rings (SSSR count). The zero-order valence-electron chi connectivity index (χ0n) is 17.4. The SMILES string of the molecule is Cc1nc(CC(=O)N2CCC3(CCCN3C(=O)CCc3c(C)n[nH]c3C)C2)n[nH]1. The number of rotatable bonds is 5. The fraction of sp³-hybridized carbons (Fsp3) is 0.650. The number of H-pyrrole nitrogens is 2. The first-order chi connectivity index (χ1) is 13.9. The van der Waals surface area contributed by atoms with E-state index in [2.05, 4.69) is 25.4 Å². The first-order valence-electron chi connectivity index (χ1n) is 10.3. The molecule has 1 atom stereocenters. The number of hydrogen-bond donors (Lipinski definition) is 2. The Morgan fingerprint density at radius 1 is 1.07 bits per heavy atom. The highest BCUT2D eigenvalue weighted by molar-refractivity contribution is 5.80. The molecule has 0 aromatic carbocycles. The standard InChI is InChI=1S/C20H29N7O2/c1-13-16(14(2)23-22-13)5-6-18(28)27-9-4-7-20(27)8-10-26(12-20)19(29)11-17-21-15(3)24-25-17/h4-12H2,1-3H3,(H,22,23)(H,21,24,25). The smallest absolute Gasteiger partial charge is 0.230 e. The van der Waals surface area contributed by atoms with E-state index in [-0.39, 0.29) is 23.8 Å². The minimum absolute atomic E-state index is 0.0322. The molecule has 0 saturated carbocycles. The van der Waals surface area contributed by atoms with Crippen LogP contribution >= 0.6 is 0 Å². The van der Waals surface area contributed by atoms with E-state index in [0.29, 0.717) is 37.6 Å². The third kappa shape index (κ3) is 3.77. The number of nitrogens with zero attached hydrogens (tertiary/aromatic N) is 5. The Kier molecular flexibility index (Phi) is 5.14. The molecule has 0 radical (unpaired) electrons. The van der Waals surface area contributed by atoms with Crippen molar-refractivity contribution < 1.29 is 9.59 Å². The third-order valence-corrected chi connectivity index (χ3v) is 6.40. The molecule has 1 unspecified atom stereocenters. The van der Waals surface area contributed by atoms with Gasteiger partial charge in [0.05, 0.1) is 17.7 Å². The quantitative estimate of drug-likeness (QED) is 0.785. The molecule has 2 aliphatic rings. The molecule has 2 N–H and O–H groups in total. The van der Waals surface area contributed by atoms with E-state index in [1.165, 1.54) is 0 Å². The summed E-state index contributed by atoms with van der Waals surface area (Å²) in [7, 11) is 0. The van der Waals surface area contributed by atoms with Crippen molar-refractivity contribution in [3.8, 4) is 0 Å². The van der Waals surface area contributed by atoms with Gasteiger partial charge in [0.25, 0.3) is 0 Å². The lowest BCUT2D eigenvalue weighted by Crippen LogP contribution is -2.49. The van der Waals surface area contributed by atoms with E-state index >= 15 is 0 Å². The van der Waals surface area contributed by atoms with E-state index in [1.807, 2.05) is 30.6 Å². The average Bonchev–Trinajstić information content (AvgIpc) is 3.45. The summed E-state index contributed by atoms with van der Waals surface area (Å²) >= 11 is 0. The zero-order valence-corrected chi connectivity index (χ0v) is 17.4. The number of nitrogens with one attached hydrogen (secondary N) is 2. The molecular weight excluding hydrogens is 370 g/mol. The van der Waals surface area contributed by atoms with Crippen molar-refractivity contribution in [2.45, 2.75) is 64.8 Å². The summed E-state index contributed by atoms with van der Waals surface area (Å²) in [6, 6.07) is 0. The van der Waals surface area contributed by atoms with Crippen molar-refractivity contribution in [3.63, 3.8) is 0 Å². The van der Waals surface area contributed by atoms with Crippen LogP contribution in [0.2, 0.25) is 0 Å². The number of aromatic amines is 2. The van der Waals surface area contributed by atoms with Gasteiger partial charge in [-0.15, -0.1) is 0 Å². The van der Waals surface area contributed by atoms with Gasteiger partial charge in [-0.25, -0.2) is 4.98 Å². The number of aromatic nitrogens is 5. The predicted octanol–water partition coefficient (Wildman–Crippen LogP) is 1.22. The Hall–Kier alpha value is -2.71. The molecule has 2 aliphatic heterocycles. The second kappa shape index (κ2) is 7.61. The van der Waals surface area contributed by atoms with Gasteiger partial charge < -0.3 is 9.80 Å². The lowest BCUT2D eigenvalue weighted by molar-refractivity contribution is -0.136. The van der Waals surface area contributed by atoms with Gasteiger partial charge in [-0.2, -0.15) is 10.2 Å². The topological polar surface area (TPSA) is 111 Å². The van der Waals surface area contributed by atoms with Gasteiger partial charge in [-0.1, -0.05) is 0 Å². The number of hydrogen-bond acceptors (Lipinski definition) is 5. The molecule has 0 aliphatic carbocycles. The summed E-state index contributed by atoms with van der Waals surface area (Å²) in [5, 5.41) is 14.1. The molecule has 9 heteroatoms. The minimum atomic E-state index is -0.206. The fourth-order valence-electron chi connectivity index (χ4n) is 4.85. The van der Waals surface area contributed by atoms with Crippen LogP contribution in [0.3, 0.4) is 0 Å². The van der Waals surface area contributed by atoms with Gasteiger partial charge in [0.15, 0.2) is 5.82 Å². The summed E-state index contributed by atoms with van der Waals surface area (Å²) in [5.41, 5.74) is 2.93. The van der Waals surface area contributed by atoms with Gasteiger partial charge in [0.1, 0.15) is 5.82 Å². The summed E-state index contributed by atoms with van der Waals surface area (Å²) in [6.45, 7) is 7.87. The van der Waals surface area contributed by atoms with Crippen LogP contribution < -0.4 is 0 Å². The van der Waals surface area contributed by atoms with Crippen molar-refractivity contribution >= 4 is 11.8 Å². The highest BCUT2D eigenvalue weighted by Gasteiger charge is 2.48. The Morgan fingerprint density at radius 3 is 2.59 bits per heavy atom. The molecule has 9 nitrogen and oxygen atoms in total. The molecule has 29 heavy (non-hydrogen) atoms. The summed E-state index contributed by atoms with van der Waals surface area (Å²) in [5.74, 6) is 1.45. The molecule has 1 spiro atoms. The molecule has 2 amide bonds. The van der Waals surface area contributed by atoms with Crippen LogP contribution in [0.25, 0.3) is 0 Å². The molecule has 2 aromatic heterocycles. The van der Waals surface area contributed by atoms with Crippen LogP contribution in [0.4, 0.5) is 0 Å². The number of aryl methyl sites for hydroxylation is 3. The molecule has 2 aromatic rings.